The zero-order valence-electron chi connectivity index (χ0n) is 16.9. The van der Waals surface area contributed by atoms with Gasteiger partial charge >= 0.3 is 0 Å². The van der Waals surface area contributed by atoms with Gasteiger partial charge in [-0.05, 0) is 83.0 Å². The molecule has 0 aliphatic heterocycles. The van der Waals surface area contributed by atoms with Crippen molar-refractivity contribution < 1.29 is 0 Å². The fourth-order valence-corrected chi connectivity index (χ4v) is 4.62. The number of unbranched alkanes of at least 4 members (excludes halogenated alkanes) is 2. The maximum absolute atomic E-state index is 2.49. The van der Waals surface area contributed by atoms with Gasteiger partial charge in [0, 0.05) is 0 Å². The van der Waals surface area contributed by atoms with Gasteiger partial charge in [-0.3, -0.25) is 0 Å². The molecule has 3 aromatic rings. The van der Waals surface area contributed by atoms with Gasteiger partial charge in [-0.1, -0.05) is 81.3 Å². The smallest absolute Gasteiger partial charge is 0.0118 e. The van der Waals surface area contributed by atoms with Crippen molar-refractivity contribution in [1.29, 1.82) is 0 Å². The summed E-state index contributed by atoms with van der Waals surface area (Å²) in [7, 11) is 0. The van der Waals surface area contributed by atoms with Crippen LogP contribution in [-0.4, -0.2) is 0 Å². The summed E-state index contributed by atoms with van der Waals surface area (Å²) < 4.78 is 0. The Labute approximate surface area is 164 Å². The topological polar surface area (TPSA) is 0 Å². The molecule has 1 aliphatic carbocycles. The second-order valence-electron chi connectivity index (χ2n) is 8.29. The van der Waals surface area contributed by atoms with Crippen LogP contribution < -0.4 is 0 Å². The summed E-state index contributed by atoms with van der Waals surface area (Å²) in [6, 6.07) is 21.3. The van der Waals surface area contributed by atoms with Crippen LogP contribution in [0.5, 0.6) is 0 Å². The molecule has 1 unspecified atom stereocenters. The lowest BCUT2D eigenvalue weighted by molar-refractivity contribution is 0.584. The largest absolute Gasteiger partial charge is 0.0654 e. The van der Waals surface area contributed by atoms with Crippen LogP contribution in [0.15, 0.2) is 54.6 Å². The molecule has 0 saturated heterocycles. The summed E-state index contributed by atoms with van der Waals surface area (Å²) in [5.41, 5.74) is 7.67. The van der Waals surface area contributed by atoms with Crippen LogP contribution in [0.25, 0.3) is 10.8 Å². The van der Waals surface area contributed by atoms with Gasteiger partial charge in [0.15, 0.2) is 0 Å². The van der Waals surface area contributed by atoms with Crippen LogP contribution >= 0.6 is 0 Å². The average Bonchev–Trinajstić information content (AvgIpc) is 2.72. The van der Waals surface area contributed by atoms with E-state index in [2.05, 4.69) is 68.4 Å². The van der Waals surface area contributed by atoms with E-state index in [9.17, 15) is 0 Å². The second kappa shape index (κ2) is 8.30. The summed E-state index contributed by atoms with van der Waals surface area (Å²) in [6.45, 7) is 4.51. The van der Waals surface area contributed by atoms with Crippen molar-refractivity contribution in [3.8, 4) is 0 Å². The summed E-state index contributed by atoms with van der Waals surface area (Å²) >= 11 is 0. The van der Waals surface area contributed by atoms with Gasteiger partial charge < -0.3 is 0 Å². The fourth-order valence-electron chi connectivity index (χ4n) is 4.62. The number of benzene rings is 3. The maximum atomic E-state index is 2.49. The van der Waals surface area contributed by atoms with Crippen LogP contribution in [0.2, 0.25) is 0 Å². The third kappa shape index (κ3) is 4.10. The maximum Gasteiger partial charge on any atom is -0.0118 e. The van der Waals surface area contributed by atoms with Gasteiger partial charge in [0.2, 0.25) is 0 Å². The molecule has 0 aromatic heterocycles. The van der Waals surface area contributed by atoms with Crippen LogP contribution in [0.3, 0.4) is 0 Å². The first kappa shape index (κ1) is 18.3. The highest BCUT2D eigenvalue weighted by Gasteiger charge is 2.20. The number of hydrogen-bond acceptors (Lipinski definition) is 0. The first-order valence-corrected chi connectivity index (χ1v) is 10.9. The van der Waals surface area contributed by atoms with E-state index in [1.54, 1.807) is 11.1 Å². The Balaban J connectivity index is 1.51. The SMILES string of the molecule is CCCCCc1ccc2c(c1)CCC(c1ccc3cc(CC)ccc3c1)C2. The highest BCUT2D eigenvalue weighted by atomic mass is 14.2. The molecule has 0 fully saturated rings. The quantitative estimate of drug-likeness (QED) is 0.403. The van der Waals surface area contributed by atoms with Crippen LogP contribution in [0.1, 0.15) is 73.3 Å². The summed E-state index contributed by atoms with van der Waals surface area (Å²) in [4.78, 5) is 0. The Kier molecular flexibility index (Phi) is 5.62. The number of rotatable bonds is 6. The van der Waals surface area contributed by atoms with E-state index < -0.39 is 0 Å². The number of aryl methyl sites for hydroxylation is 3. The Bertz CT molecular complexity index is 918. The van der Waals surface area contributed by atoms with Gasteiger partial charge in [-0.2, -0.15) is 0 Å². The standard InChI is InChI=1S/C27H32/c1-3-5-6-7-21-9-11-25-19-27(15-13-23(25)17-21)26-14-12-22-16-20(4-2)8-10-24(22)18-26/h8-12,14,16-18,27H,3-7,13,15,19H2,1-2H3. The minimum absolute atomic E-state index is 0.665. The van der Waals surface area contributed by atoms with Gasteiger partial charge in [0.1, 0.15) is 0 Å². The molecule has 0 saturated carbocycles. The second-order valence-corrected chi connectivity index (χ2v) is 8.29. The van der Waals surface area contributed by atoms with Crippen molar-refractivity contribution in [2.75, 3.05) is 0 Å². The van der Waals surface area contributed by atoms with Crippen LogP contribution in [0.4, 0.5) is 0 Å². The van der Waals surface area contributed by atoms with E-state index in [1.165, 1.54) is 72.4 Å². The van der Waals surface area contributed by atoms with Crippen molar-refractivity contribution in [2.45, 2.75) is 71.1 Å². The zero-order chi connectivity index (χ0) is 18.6. The monoisotopic (exact) mass is 356 g/mol. The predicted molar refractivity (Wildman–Crippen MR) is 118 cm³/mol. The highest BCUT2D eigenvalue weighted by molar-refractivity contribution is 5.84. The molecule has 140 valence electrons. The fraction of sp³-hybridized carbons (Fsp3) is 0.407. The van der Waals surface area contributed by atoms with E-state index in [1.807, 2.05) is 0 Å². The van der Waals surface area contributed by atoms with Gasteiger partial charge in [0.05, 0.1) is 0 Å². The Morgan fingerprint density at radius 2 is 1.59 bits per heavy atom. The van der Waals surface area contributed by atoms with E-state index in [0.29, 0.717) is 5.92 Å². The van der Waals surface area contributed by atoms with Crippen molar-refractivity contribution in [3.05, 3.63) is 82.4 Å². The van der Waals surface area contributed by atoms with Gasteiger partial charge in [-0.25, -0.2) is 0 Å². The predicted octanol–water partition coefficient (Wildman–Crippen LogP) is 7.41. The normalized spacial score (nSPS) is 16.4. The Morgan fingerprint density at radius 1 is 0.778 bits per heavy atom. The third-order valence-corrected chi connectivity index (χ3v) is 6.38. The molecule has 3 aromatic carbocycles. The Morgan fingerprint density at radius 3 is 2.44 bits per heavy atom. The number of hydrogen-bond donors (Lipinski definition) is 0. The highest BCUT2D eigenvalue weighted by Crippen LogP contribution is 2.34. The van der Waals surface area contributed by atoms with E-state index >= 15 is 0 Å². The van der Waals surface area contributed by atoms with Gasteiger partial charge in [0.25, 0.3) is 0 Å². The summed E-state index contributed by atoms with van der Waals surface area (Å²) in [5.74, 6) is 0.665. The lowest BCUT2D eigenvalue weighted by Crippen LogP contribution is -2.13. The van der Waals surface area contributed by atoms with Crippen molar-refractivity contribution in [1.82, 2.24) is 0 Å². The van der Waals surface area contributed by atoms with E-state index in [4.69, 9.17) is 0 Å². The van der Waals surface area contributed by atoms with Crippen molar-refractivity contribution in [2.24, 2.45) is 0 Å². The molecule has 27 heavy (non-hydrogen) atoms. The third-order valence-electron chi connectivity index (χ3n) is 6.38. The average molecular weight is 357 g/mol. The molecule has 1 aliphatic rings. The molecule has 0 bridgehead atoms. The van der Waals surface area contributed by atoms with Crippen molar-refractivity contribution >= 4 is 10.8 Å². The van der Waals surface area contributed by atoms with Crippen LogP contribution in [0, 0.1) is 0 Å². The molecule has 0 radical (unpaired) electrons. The van der Waals surface area contributed by atoms with Crippen molar-refractivity contribution in [3.63, 3.8) is 0 Å². The Hall–Kier alpha value is -2.08. The molecule has 0 amide bonds. The molecule has 0 nitrogen and oxygen atoms in total. The zero-order valence-corrected chi connectivity index (χ0v) is 16.9. The summed E-state index contributed by atoms with van der Waals surface area (Å²) in [5, 5.41) is 2.77. The molecule has 0 heteroatoms. The number of fused-ring (bicyclic) bond motifs is 2. The first-order valence-electron chi connectivity index (χ1n) is 10.9. The minimum Gasteiger partial charge on any atom is -0.0654 e. The lowest BCUT2D eigenvalue weighted by atomic mass is 9.79. The molecule has 1 atom stereocenters. The molecule has 0 heterocycles. The molecular formula is C27H32. The van der Waals surface area contributed by atoms with E-state index in [-0.39, 0.29) is 0 Å². The van der Waals surface area contributed by atoms with Crippen LogP contribution in [-0.2, 0) is 25.7 Å². The lowest BCUT2D eigenvalue weighted by Gasteiger charge is -2.26. The molecule has 4 rings (SSSR count). The first-order chi connectivity index (χ1) is 13.3. The van der Waals surface area contributed by atoms with Gasteiger partial charge in [-0.15, -0.1) is 0 Å². The van der Waals surface area contributed by atoms with E-state index in [0.717, 1.165) is 6.42 Å². The minimum atomic E-state index is 0.665. The molecule has 0 N–H and O–H groups in total. The molecular weight excluding hydrogens is 324 g/mol. The molecule has 0 spiro atoms. The summed E-state index contributed by atoms with van der Waals surface area (Å²) in [6.07, 6.45) is 10.0.